The Kier molecular flexibility index (Phi) is 6.68. The highest BCUT2D eigenvalue weighted by molar-refractivity contribution is 7.91. The van der Waals surface area contributed by atoms with Crippen LogP contribution in [0.3, 0.4) is 0 Å². The number of sulfone groups is 1. The summed E-state index contributed by atoms with van der Waals surface area (Å²) in [6.45, 7) is 1.21. The average molecular weight is 520 g/mol. The van der Waals surface area contributed by atoms with E-state index in [-0.39, 0.29) is 26.7 Å². The number of hydrogen-bond acceptors (Lipinski definition) is 6. The minimum Gasteiger partial charge on any atom is -0.347 e. The van der Waals surface area contributed by atoms with Crippen LogP contribution in [0.1, 0.15) is 20.8 Å². The maximum absolute atomic E-state index is 13.1. The van der Waals surface area contributed by atoms with E-state index in [4.69, 9.17) is 0 Å². The normalized spacial score (nSPS) is 11.6. The predicted molar refractivity (Wildman–Crippen MR) is 127 cm³/mol. The number of rotatable bonds is 7. The van der Waals surface area contributed by atoms with Crippen molar-refractivity contribution in [3.63, 3.8) is 0 Å². The molecule has 0 saturated heterocycles. The first kappa shape index (κ1) is 24.5. The van der Waals surface area contributed by atoms with Crippen molar-refractivity contribution in [1.29, 1.82) is 0 Å². The van der Waals surface area contributed by atoms with Crippen LogP contribution in [-0.4, -0.2) is 29.0 Å². The Labute approximate surface area is 202 Å². The Morgan fingerprint density at radius 3 is 2.23 bits per heavy atom. The third-order valence-corrected chi connectivity index (χ3v) is 8.26. The number of hydrogen-bond donors (Lipinski definition) is 1. The van der Waals surface area contributed by atoms with Gasteiger partial charge < -0.3 is 5.32 Å². The Hall–Kier alpha value is -3.64. The maximum atomic E-state index is 13.1. The van der Waals surface area contributed by atoms with Gasteiger partial charge in [0.25, 0.3) is 11.5 Å². The quantitative estimate of drug-likeness (QED) is 0.378. The molecular formula is C23H19F2N3O5S2. The van der Waals surface area contributed by atoms with Crippen LogP contribution in [0.2, 0.25) is 0 Å². The molecule has 0 aliphatic rings. The van der Waals surface area contributed by atoms with Gasteiger partial charge in [0.15, 0.2) is 9.84 Å². The van der Waals surface area contributed by atoms with Crippen molar-refractivity contribution in [1.82, 2.24) is 14.3 Å². The van der Waals surface area contributed by atoms with Crippen molar-refractivity contribution >= 4 is 31.9 Å². The summed E-state index contributed by atoms with van der Waals surface area (Å²) < 4.78 is 53.2. The zero-order chi connectivity index (χ0) is 25.3. The van der Waals surface area contributed by atoms with Crippen molar-refractivity contribution in [2.75, 3.05) is 5.75 Å². The molecule has 0 bridgehead atoms. The van der Waals surface area contributed by atoms with Gasteiger partial charge in [0, 0.05) is 24.8 Å². The van der Waals surface area contributed by atoms with Crippen LogP contribution in [0.5, 0.6) is 0 Å². The first-order valence-corrected chi connectivity index (χ1v) is 12.8. The Morgan fingerprint density at radius 1 is 1.00 bits per heavy atom. The molecule has 2 aromatic heterocycles. The number of carbonyl (C=O) groups is 1. The van der Waals surface area contributed by atoms with Crippen LogP contribution < -0.4 is 16.6 Å². The number of benzene rings is 2. The summed E-state index contributed by atoms with van der Waals surface area (Å²) in [5, 5.41) is 2.67. The molecule has 8 nitrogen and oxygen atoms in total. The van der Waals surface area contributed by atoms with Gasteiger partial charge in [0.2, 0.25) is 0 Å². The Bertz CT molecular complexity index is 1640. The Morgan fingerprint density at radius 2 is 1.60 bits per heavy atom. The van der Waals surface area contributed by atoms with Gasteiger partial charge in [-0.05, 0) is 48.9 Å². The predicted octanol–water partition coefficient (Wildman–Crippen LogP) is 2.51. The molecule has 0 atom stereocenters. The molecule has 4 rings (SSSR count). The highest BCUT2D eigenvalue weighted by Crippen LogP contribution is 2.18. The number of halogens is 2. The van der Waals surface area contributed by atoms with Crippen LogP contribution in [0, 0.1) is 18.6 Å². The molecule has 1 N–H and O–H groups in total. The van der Waals surface area contributed by atoms with Crippen molar-refractivity contribution in [2.24, 2.45) is 0 Å². The summed E-state index contributed by atoms with van der Waals surface area (Å²) in [6, 6.07) is 9.86. The molecule has 0 fully saturated rings. The van der Waals surface area contributed by atoms with Crippen LogP contribution in [0.25, 0.3) is 4.83 Å². The van der Waals surface area contributed by atoms with Crippen LogP contribution >= 0.6 is 11.3 Å². The molecule has 0 spiro atoms. The van der Waals surface area contributed by atoms with Crippen LogP contribution in [0.15, 0.2) is 69.2 Å². The fourth-order valence-electron chi connectivity index (χ4n) is 3.41. The van der Waals surface area contributed by atoms with E-state index in [0.29, 0.717) is 5.56 Å². The van der Waals surface area contributed by atoms with Crippen LogP contribution in [0.4, 0.5) is 8.78 Å². The van der Waals surface area contributed by atoms with E-state index in [9.17, 15) is 31.6 Å². The molecule has 0 aliphatic carbocycles. The minimum absolute atomic E-state index is 0.125. The summed E-state index contributed by atoms with van der Waals surface area (Å²) >= 11 is 0.952. The second-order valence-electron chi connectivity index (χ2n) is 7.72. The number of fused-ring (bicyclic) bond motifs is 1. The van der Waals surface area contributed by atoms with E-state index in [1.165, 1.54) is 37.4 Å². The number of nitrogens with zero attached hydrogens (tertiary/aromatic N) is 2. The average Bonchev–Trinajstić information content (AvgIpc) is 3.28. The van der Waals surface area contributed by atoms with Crippen molar-refractivity contribution in [2.45, 2.75) is 24.9 Å². The van der Waals surface area contributed by atoms with Crippen molar-refractivity contribution in [3.8, 4) is 0 Å². The summed E-state index contributed by atoms with van der Waals surface area (Å²) in [5.74, 6) is -2.02. The number of aryl methyl sites for hydroxylation is 1. The lowest BCUT2D eigenvalue weighted by Gasteiger charge is -2.08. The second kappa shape index (κ2) is 9.55. The molecule has 1 amide bonds. The van der Waals surface area contributed by atoms with Gasteiger partial charge in [0.1, 0.15) is 21.3 Å². The molecule has 0 aliphatic heterocycles. The number of carbonyl (C=O) groups excluding carboxylic acids is 1. The van der Waals surface area contributed by atoms with Crippen LogP contribution in [-0.2, 0) is 22.9 Å². The molecule has 12 heteroatoms. The van der Waals surface area contributed by atoms with E-state index in [2.05, 4.69) is 5.32 Å². The first-order chi connectivity index (χ1) is 16.6. The van der Waals surface area contributed by atoms with E-state index in [0.717, 1.165) is 44.6 Å². The lowest BCUT2D eigenvalue weighted by atomic mass is 10.2. The largest absolute Gasteiger partial charge is 0.347 e. The van der Waals surface area contributed by atoms with E-state index in [1.54, 1.807) is 0 Å². The summed E-state index contributed by atoms with van der Waals surface area (Å²) in [4.78, 5) is 38.7. The van der Waals surface area contributed by atoms with E-state index < -0.39 is 50.9 Å². The van der Waals surface area contributed by atoms with Gasteiger partial charge in [0.05, 0.1) is 10.6 Å². The van der Waals surface area contributed by atoms with Gasteiger partial charge in [-0.3, -0.25) is 18.6 Å². The molecule has 0 unspecified atom stereocenters. The number of thiazole rings is 1. The molecular weight excluding hydrogens is 500 g/mol. The molecule has 0 radical (unpaired) electrons. The number of amides is 1. The molecule has 4 aromatic rings. The topological polar surface area (TPSA) is 107 Å². The van der Waals surface area contributed by atoms with Gasteiger partial charge in [-0.2, -0.15) is 0 Å². The standard InChI is InChI=1S/C23H19F2N3O5S2/c1-14-21(30)27(10-11-35(32,33)18-8-6-17(25)7-9-18)23(31)28-13-19(34-22(14)28)20(29)26-12-15-2-4-16(24)5-3-15/h2-9,13H,10-12H2,1H3,(H,26,29). The number of nitrogens with one attached hydrogen (secondary N) is 1. The number of aromatic nitrogens is 2. The van der Waals surface area contributed by atoms with E-state index >= 15 is 0 Å². The fourth-order valence-corrected chi connectivity index (χ4v) is 5.62. The molecule has 2 heterocycles. The zero-order valence-corrected chi connectivity index (χ0v) is 20.0. The van der Waals surface area contributed by atoms with E-state index in [1.807, 2.05) is 0 Å². The van der Waals surface area contributed by atoms with Crippen molar-refractivity contribution in [3.05, 3.63) is 103 Å². The zero-order valence-electron chi connectivity index (χ0n) is 18.3. The summed E-state index contributed by atoms with van der Waals surface area (Å²) in [5.41, 5.74) is -0.578. The smallest absolute Gasteiger partial charge is 0.336 e. The molecule has 0 saturated carbocycles. The summed E-state index contributed by atoms with van der Waals surface area (Å²) in [6.07, 6.45) is 1.29. The first-order valence-electron chi connectivity index (χ1n) is 10.3. The van der Waals surface area contributed by atoms with Crippen molar-refractivity contribution < 1.29 is 22.0 Å². The van der Waals surface area contributed by atoms with Gasteiger partial charge in [-0.25, -0.2) is 22.0 Å². The van der Waals surface area contributed by atoms with Gasteiger partial charge in [-0.15, -0.1) is 11.3 Å². The minimum atomic E-state index is -3.88. The molecule has 35 heavy (non-hydrogen) atoms. The molecule has 2 aromatic carbocycles. The monoisotopic (exact) mass is 519 g/mol. The highest BCUT2D eigenvalue weighted by Gasteiger charge is 2.20. The highest BCUT2D eigenvalue weighted by atomic mass is 32.2. The molecule has 182 valence electrons. The van der Waals surface area contributed by atoms with Gasteiger partial charge >= 0.3 is 5.69 Å². The third-order valence-electron chi connectivity index (χ3n) is 5.34. The Balaban J connectivity index is 1.59. The maximum Gasteiger partial charge on any atom is 0.336 e. The second-order valence-corrected chi connectivity index (χ2v) is 10.9. The SMILES string of the molecule is Cc1c(=O)n(CCS(=O)(=O)c2ccc(F)cc2)c(=O)n2cc(C(=O)NCc3ccc(F)cc3)sc12. The van der Waals surface area contributed by atoms with Gasteiger partial charge in [-0.1, -0.05) is 12.1 Å². The fraction of sp³-hybridized carbons (Fsp3) is 0.174. The third kappa shape index (κ3) is 5.08. The summed E-state index contributed by atoms with van der Waals surface area (Å²) in [7, 11) is -3.88. The lowest BCUT2D eigenvalue weighted by molar-refractivity contribution is 0.0954. The lowest BCUT2D eigenvalue weighted by Crippen LogP contribution is -2.39.